The summed E-state index contributed by atoms with van der Waals surface area (Å²) in [7, 11) is 0. The van der Waals surface area contributed by atoms with Crippen molar-refractivity contribution >= 4 is 70.1 Å². The number of nitrogens with one attached hydrogen (secondary N) is 8. The van der Waals surface area contributed by atoms with Crippen LogP contribution in [0.1, 0.15) is 109 Å². The van der Waals surface area contributed by atoms with Gasteiger partial charge in [0.1, 0.15) is 60.5 Å². The quantitative estimate of drug-likeness (QED) is 0.0487. The van der Waals surface area contributed by atoms with Crippen LogP contribution in [-0.4, -0.2) is 145 Å². The van der Waals surface area contributed by atoms with Crippen molar-refractivity contribution in [3.8, 4) is 5.82 Å². The number of amides is 8. The molecule has 74 heavy (non-hydrogen) atoms. The average Bonchev–Trinajstić information content (AvgIpc) is 4.17. The number of carbonyl (C=O) groups is 9. The number of imidazole rings is 1. The highest BCUT2D eigenvalue weighted by Crippen LogP contribution is 2.35. The summed E-state index contributed by atoms with van der Waals surface area (Å²) in [6.07, 6.45) is 3.94. The first-order chi connectivity index (χ1) is 35.1. The van der Waals surface area contributed by atoms with Crippen molar-refractivity contribution in [1.29, 1.82) is 0 Å². The fourth-order valence-electron chi connectivity index (χ4n) is 10.5. The van der Waals surface area contributed by atoms with Gasteiger partial charge in [-0.3, -0.25) is 47.9 Å². The van der Waals surface area contributed by atoms with Crippen molar-refractivity contribution in [2.45, 2.75) is 154 Å². The average molecular weight is 1030 g/mol. The summed E-state index contributed by atoms with van der Waals surface area (Å²) in [5.74, 6) is -7.88. The molecule has 1 aromatic carbocycles. The van der Waals surface area contributed by atoms with Gasteiger partial charge in [0.05, 0.1) is 5.69 Å². The zero-order valence-corrected chi connectivity index (χ0v) is 42.7. The molecule has 24 heteroatoms. The van der Waals surface area contributed by atoms with Crippen molar-refractivity contribution in [3.63, 3.8) is 0 Å². The van der Waals surface area contributed by atoms with E-state index in [4.69, 9.17) is 11.5 Å². The lowest BCUT2D eigenvalue weighted by molar-refractivity contribution is -0.143. The number of guanidine groups is 1. The molecule has 8 amide bonds. The van der Waals surface area contributed by atoms with Crippen LogP contribution in [0.2, 0.25) is 0 Å². The maximum absolute atomic E-state index is 15.3. The van der Waals surface area contributed by atoms with E-state index in [9.17, 15) is 43.5 Å². The number of H-pyrrole nitrogens is 1. The lowest BCUT2D eigenvalue weighted by Crippen LogP contribution is -2.61. The molecule has 0 spiro atoms. The summed E-state index contributed by atoms with van der Waals surface area (Å²) in [5.41, 5.74) is 12.9. The third kappa shape index (κ3) is 12.4. The molecule has 2 saturated heterocycles. The van der Waals surface area contributed by atoms with Crippen LogP contribution in [0.4, 0.5) is 0 Å². The SMILES string of the molecule is CC(C)C[C@@H]1NC(=O)[C@@H](NC(=O)[C@H]2CCC(=O)N2)[C@@H](C(C)C)c2ccc3c4c([nH]c3c2)-n2cnc(c2)C[C@@H](C(=O)O)NC(=O)[C@@H](CCCN=C(N)N)NC(=O)[C@H]2CCCN2C(=O)[C@@H](C4)NC(=O)[C@H](C(C)C)NC1=O. The van der Waals surface area contributed by atoms with Gasteiger partial charge in [-0.2, -0.15) is 0 Å². The van der Waals surface area contributed by atoms with Crippen molar-refractivity contribution in [3.05, 3.63) is 47.5 Å². The highest BCUT2D eigenvalue weighted by molar-refractivity contribution is 6.00. The van der Waals surface area contributed by atoms with Gasteiger partial charge < -0.3 is 63.7 Å². The first-order valence-corrected chi connectivity index (χ1v) is 25.5. The van der Waals surface area contributed by atoms with E-state index in [2.05, 4.69) is 52.2 Å². The maximum atomic E-state index is 15.3. The molecule has 5 aliphatic heterocycles. The van der Waals surface area contributed by atoms with Crippen LogP contribution >= 0.6 is 0 Å². The number of rotatable bonds is 11. The van der Waals surface area contributed by atoms with Crippen LogP contribution in [0.25, 0.3) is 16.7 Å². The molecular weight excluding hydrogens is 957 g/mol. The van der Waals surface area contributed by atoms with Crippen molar-refractivity contribution in [1.82, 2.24) is 56.7 Å². The van der Waals surface area contributed by atoms with Crippen LogP contribution in [0.15, 0.2) is 35.7 Å². The molecule has 0 saturated carbocycles. The molecule has 9 atom stereocenters. The first kappa shape index (κ1) is 54.2. The van der Waals surface area contributed by atoms with Gasteiger partial charge in [0.25, 0.3) is 0 Å². The van der Waals surface area contributed by atoms with Crippen LogP contribution < -0.4 is 48.7 Å². The van der Waals surface area contributed by atoms with Gasteiger partial charge in [-0.15, -0.1) is 0 Å². The fourth-order valence-corrected chi connectivity index (χ4v) is 10.5. The van der Waals surface area contributed by atoms with E-state index in [-0.39, 0.29) is 93.9 Å². The van der Waals surface area contributed by atoms with E-state index >= 15 is 4.79 Å². The smallest absolute Gasteiger partial charge is 0.326 e. The summed E-state index contributed by atoms with van der Waals surface area (Å²) >= 11 is 0. The Kier molecular flexibility index (Phi) is 17.0. The van der Waals surface area contributed by atoms with E-state index in [1.165, 1.54) is 11.2 Å². The standard InChI is InChI=1S/C50H70N14O10/c1-23(2)17-33-44(68)61-39(25(5)6)46(70)59-34-20-29-28-12-11-26(38(24(3)4)40(47(71)58-33)62-43(67)31-13-14-37(65)55-31)18-32(28)56-41(29)63-21-27(54-22-63)19-35(49(73)74)60-42(66)30(9-7-15-53-50(51)52)57-45(69)36-10-8-16-64(36)48(34)72/h11-12,18,21-25,30-31,33-36,38-40,56H,7-10,13-17,19-20H2,1-6H3,(H,55,65)(H,57,69)(H,58,71)(H,59,70)(H,60,66)(H,61,68)(H,62,67)(H,73,74)(H4,51,52,53)/t30-,31-,33+,34-,35+,36-,38+,39+,40+/m1/s1. The van der Waals surface area contributed by atoms with Gasteiger partial charge >= 0.3 is 5.97 Å². The van der Waals surface area contributed by atoms with E-state index in [0.717, 1.165) is 0 Å². The molecular formula is C50H70N14O10. The predicted molar refractivity (Wildman–Crippen MR) is 270 cm³/mol. The van der Waals surface area contributed by atoms with Gasteiger partial charge in [-0.05, 0) is 67.9 Å². The van der Waals surface area contributed by atoms with Crippen LogP contribution in [0, 0.1) is 17.8 Å². The largest absolute Gasteiger partial charge is 0.480 e. The summed E-state index contributed by atoms with van der Waals surface area (Å²) in [6.45, 7) is 11.2. The molecule has 0 radical (unpaired) electrons. The van der Waals surface area contributed by atoms with Gasteiger partial charge in [0.2, 0.25) is 47.3 Å². The molecule has 7 bridgehead atoms. The van der Waals surface area contributed by atoms with E-state index in [0.29, 0.717) is 34.3 Å². The zero-order valence-electron chi connectivity index (χ0n) is 42.7. The third-order valence-corrected chi connectivity index (χ3v) is 14.2. The summed E-state index contributed by atoms with van der Waals surface area (Å²) in [5, 5.41) is 30.6. The monoisotopic (exact) mass is 1030 g/mol. The Balaban J connectivity index is 1.41. The Morgan fingerprint density at radius 2 is 1.57 bits per heavy atom. The predicted octanol–water partition coefficient (Wildman–Crippen LogP) is -0.776. The second kappa shape index (κ2) is 23.1. The lowest BCUT2D eigenvalue weighted by Gasteiger charge is -2.33. The van der Waals surface area contributed by atoms with Crippen molar-refractivity contribution in [2.75, 3.05) is 13.1 Å². The van der Waals surface area contributed by atoms with Crippen LogP contribution in [-0.2, 0) is 56.0 Å². The molecule has 2 fully saturated rings. The summed E-state index contributed by atoms with van der Waals surface area (Å²) in [4.78, 5) is 140. The molecule has 8 rings (SSSR count). The van der Waals surface area contributed by atoms with Crippen molar-refractivity contribution < 1.29 is 48.3 Å². The second-order valence-corrected chi connectivity index (χ2v) is 20.9. The van der Waals surface area contributed by atoms with Gasteiger partial charge in [-0.25, -0.2) is 9.78 Å². The molecule has 3 aromatic rings. The topological polar surface area (TPSA) is 359 Å². The number of nitrogens with two attached hydrogens (primary N) is 2. The van der Waals surface area contributed by atoms with Gasteiger partial charge in [0.15, 0.2) is 5.96 Å². The normalized spacial score (nSPS) is 26.3. The molecule has 13 N–H and O–H groups in total. The number of benzene rings is 1. The van der Waals surface area contributed by atoms with Crippen LogP contribution in [0.5, 0.6) is 0 Å². The van der Waals surface area contributed by atoms with E-state index in [1.54, 1.807) is 24.6 Å². The molecule has 5 aliphatic rings. The number of carboxylic acids is 1. The second-order valence-electron chi connectivity index (χ2n) is 20.9. The maximum Gasteiger partial charge on any atom is 0.326 e. The number of hydrogen-bond acceptors (Lipinski definition) is 11. The molecule has 24 nitrogen and oxygen atoms in total. The zero-order chi connectivity index (χ0) is 53.7. The minimum absolute atomic E-state index is 0.00936. The van der Waals surface area contributed by atoms with Crippen molar-refractivity contribution in [2.24, 2.45) is 34.2 Å². The Hall–Kier alpha value is -7.53. The third-order valence-electron chi connectivity index (χ3n) is 14.2. The Bertz CT molecular complexity index is 2690. The summed E-state index contributed by atoms with van der Waals surface area (Å²) < 4.78 is 1.61. The molecule has 0 aliphatic carbocycles. The highest BCUT2D eigenvalue weighted by atomic mass is 16.4. The molecule has 400 valence electrons. The van der Waals surface area contributed by atoms with Gasteiger partial charge in [-0.1, -0.05) is 53.7 Å². The molecule has 2 aromatic heterocycles. The number of carboxylic acid groups (broad SMARTS) is 1. The van der Waals surface area contributed by atoms with Crippen LogP contribution in [0.3, 0.4) is 0 Å². The van der Waals surface area contributed by atoms with Gasteiger partial charge in [0, 0.05) is 60.9 Å². The number of nitrogens with zero attached hydrogens (tertiary/aromatic N) is 4. The van der Waals surface area contributed by atoms with E-state index < -0.39 is 107 Å². The number of carbonyl (C=O) groups excluding carboxylic acids is 8. The number of aromatic amines is 1. The van der Waals surface area contributed by atoms with E-state index in [1.807, 2.05) is 45.9 Å². The molecule has 7 heterocycles. The minimum Gasteiger partial charge on any atom is -0.480 e. The number of aromatic nitrogens is 3. The Morgan fingerprint density at radius 1 is 0.838 bits per heavy atom. The minimum atomic E-state index is -1.49. The first-order valence-electron chi connectivity index (χ1n) is 25.5. The fraction of sp³-hybridized carbons (Fsp3) is 0.580. The number of fused-ring (bicyclic) bond motifs is 14. The number of hydrogen-bond donors (Lipinski definition) is 11. The Morgan fingerprint density at radius 3 is 2.23 bits per heavy atom. The number of aliphatic imine (C=N–C) groups is 1. The summed E-state index contributed by atoms with van der Waals surface area (Å²) in [6, 6.07) is -4.35. The Labute approximate surface area is 428 Å². The number of aliphatic carboxylic acids is 1. The molecule has 0 unspecified atom stereocenters. The lowest BCUT2D eigenvalue weighted by atomic mass is 9.81. The highest BCUT2D eigenvalue weighted by Gasteiger charge is 2.43.